The molecule has 7 heteroatoms. The first-order valence-electron chi connectivity index (χ1n) is 11.4. The van der Waals surface area contributed by atoms with Gasteiger partial charge in [-0.25, -0.2) is 4.39 Å². The largest absolute Gasteiger partial charge is 0.464 e. The van der Waals surface area contributed by atoms with Crippen molar-refractivity contribution in [3.8, 4) is 0 Å². The molecule has 1 N–H and O–H groups in total. The Morgan fingerprint density at radius 1 is 1.28 bits per heavy atom. The van der Waals surface area contributed by atoms with Gasteiger partial charge in [0.1, 0.15) is 11.4 Å². The number of fused-ring (bicyclic) bond motifs is 2. The second-order valence-corrected chi connectivity index (χ2v) is 9.90. The molecule has 32 heavy (non-hydrogen) atoms. The van der Waals surface area contributed by atoms with Gasteiger partial charge in [0.2, 0.25) is 0 Å². The van der Waals surface area contributed by atoms with Crippen molar-refractivity contribution >= 4 is 40.6 Å². The van der Waals surface area contributed by atoms with E-state index < -0.39 is 0 Å². The molecule has 1 fully saturated rings. The summed E-state index contributed by atoms with van der Waals surface area (Å²) in [5.74, 6) is 0.341. The zero-order chi connectivity index (χ0) is 21.4. The van der Waals surface area contributed by atoms with Crippen LogP contribution in [0, 0.1) is 5.82 Å². The lowest BCUT2D eigenvalue weighted by molar-refractivity contribution is 0.0955. The van der Waals surface area contributed by atoms with E-state index >= 15 is 0 Å². The number of furan rings is 1. The van der Waals surface area contributed by atoms with E-state index in [1.165, 1.54) is 33.0 Å². The average Bonchev–Trinajstić information content (AvgIpc) is 3.30. The number of nitrogens with one attached hydrogen (secondary N) is 1. The standard InChI is InChI=1S/C25H29FN2O2S.ClH/c1-2-18-22(31-23-4-3-10-27-25(29)24(18)23)9-13-28-11-7-16(8-12-28)20-15-30-21-14-17(26)5-6-19(20)21;/h5-6,14-16H,2-4,7-13H2,1H3,(H,27,29);1H. The molecule has 0 bridgehead atoms. The highest BCUT2D eigenvalue weighted by molar-refractivity contribution is 7.12. The molecule has 0 aliphatic carbocycles. The average molecular weight is 477 g/mol. The number of hydrogen-bond donors (Lipinski definition) is 1. The molecular formula is C25H30ClFN2O2S. The van der Waals surface area contributed by atoms with Gasteiger partial charge in [-0.1, -0.05) is 6.92 Å². The summed E-state index contributed by atoms with van der Waals surface area (Å²) >= 11 is 1.86. The van der Waals surface area contributed by atoms with Crippen LogP contribution in [0.15, 0.2) is 28.9 Å². The summed E-state index contributed by atoms with van der Waals surface area (Å²) in [7, 11) is 0. The molecule has 3 aromatic rings. The van der Waals surface area contributed by atoms with Gasteiger partial charge in [-0.2, -0.15) is 0 Å². The SMILES string of the molecule is CCc1c(CCN2CCC(c3coc4cc(F)ccc34)CC2)sc2c1C(=O)NCCC2.Cl. The van der Waals surface area contributed by atoms with E-state index in [0.29, 0.717) is 11.5 Å². The van der Waals surface area contributed by atoms with Gasteiger partial charge in [-0.15, -0.1) is 23.7 Å². The number of carbonyl (C=O) groups excluding carboxylic acids is 1. The normalized spacial score (nSPS) is 17.6. The number of hydrogen-bond acceptors (Lipinski definition) is 4. The number of aryl methyl sites for hydroxylation is 1. The summed E-state index contributed by atoms with van der Waals surface area (Å²) in [5.41, 5.74) is 4.11. The van der Waals surface area contributed by atoms with Crippen molar-refractivity contribution in [2.24, 2.45) is 0 Å². The second-order valence-electron chi connectivity index (χ2n) is 8.71. The molecule has 0 radical (unpaired) electrons. The van der Waals surface area contributed by atoms with Crippen molar-refractivity contribution < 1.29 is 13.6 Å². The minimum atomic E-state index is -0.252. The maximum atomic E-state index is 13.4. The summed E-state index contributed by atoms with van der Waals surface area (Å²) in [5, 5.41) is 4.10. The molecular weight excluding hydrogens is 447 g/mol. The van der Waals surface area contributed by atoms with Crippen LogP contribution in [-0.4, -0.2) is 37.0 Å². The van der Waals surface area contributed by atoms with Crippen LogP contribution in [-0.2, 0) is 19.3 Å². The molecule has 0 unspecified atom stereocenters. The fraction of sp³-hybridized carbons (Fsp3) is 0.480. The predicted molar refractivity (Wildman–Crippen MR) is 130 cm³/mol. The van der Waals surface area contributed by atoms with Crippen LogP contribution in [0.5, 0.6) is 0 Å². The molecule has 1 saturated heterocycles. The Kier molecular flexibility index (Phi) is 7.23. The number of thiophene rings is 1. The Balaban J connectivity index is 0.00000245. The minimum Gasteiger partial charge on any atom is -0.464 e. The van der Waals surface area contributed by atoms with E-state index in [1.54, 1.807) is 0 Å². The summed E-state index contributed by atoms with van der Waals surface area (Å²) in [6.07, 6.45) is 8.00. The van der Waals surface area contributed by atoms with Crippen LogP contribution in [0.2, 0.25) is 0 Å². The fourth-order valence-corrected chi connectivity index (χ4v) is 6.61. The summed E-state index contributed by atoms with van der Waals surface area (Å²) in [6.45, 7) is 6.11. The van der Waals surface area contributed by atoms with Gasteiger partial charge in [-0.3, -0.25) is 4.79 Å². The number of carbonyl (C=O) groups is 1. The third kappa shape index (κ3) is 4.45. The van der Waals surface area contributed by atoms with Gasteiger partial charge in [-0.05, 0) is 75.2 Å². The second kappa shape index (κ2) is 9.94. The number of halogens is 2. The lowest BCUT2D eigenvalue weighted by Crippen LogP contribution is -2.34. The van der Waals surface area contributed by atoms with Crippen LogP contribution in [0.25, 0.3) is 11.0 Å². The molecule has 2 aliphatic heterocycles. The highest BCUT2D eigenvalue weighted by Crippen LogP contribution is 2.36. The first kappa shape index (κ1) is 23.3. The lowest BCUT2D eigenvalue weighted by Gasteiger charge is -2.31. The number of nitrogens with zero attached hydrogens (tertiary/aromatic N) is 1. The minimum absolute atomic E-state index is 0. The molecule has 0 spiro atoms. The van der Waals surface area contributed by atoms with Crippen molar-refractivity contribution in [1.29, 1.82) is 0 Å². The van der Waals surface area contributed by atoms with E-state index in [2.05, 4.69) is 17.1 Å². The number of amides is 1. The van der Waals surface area contributed by atoms with E-state index in [0.717, 1.165) is 75.7 Å². The van der Waals surface area contributed by atoms with Crippen LogP contribution < -0.4 is 5.32 Å². The van der Waals surface area contributed by atoms with E-state index in [1.807, 2.05) is 23.7 Å². The zero-order valence-electron chi connectivity index (χ0n) is 18.4. The van der Waals surface area contributed by atoms with Crippen molar-refractivity contribution in [3.63, 3.8) is 0 Å². The first-order valence-corrected chi connectivity index (χ1v) is 12.3. The molecule has 172 valence electrons. The maximum absolute atomic E-state index is 13.4. The van der Waals surface area contributed by atoms with E-state index in [-0.39, 0.29) is 24.1 Å². The Labute approximate surface area is 198 Å². The van der Waals surface area contributed by atoms with Gasteiger partial charge >= 0.3 is 0 Å². The molecule has 1 aromatic carbocycles. The Morgan fingerprint density at radius 3 is 2.88 bits per heavy atom. The van der Waals surface area contributed by atoms with Crippen molar-refractivity contribution in [1.82, 2.24) is 10.2 Å². The van der Waals surface area contributed by atoms with Crippen LogP contribution in [0.4, 0.5) is 4.39 Å². The van der Waals surface area contributed by atoms with Gasteiger partial charge in [0.05, 0.1) is 11.8 Å². The van der Waals surface area contributed by atoms with Crippen LogP contribution in [0.1, 0.15) is 63.3 Å². The molecule has 0 saturated carbocycles. The first-order chi connectivity index (χ1) is 15.1. The number of benzene rings is 1. The Hall–Kier alpha value is -1.89. The quantitative estimate of drug-likeness (QED) is 0.512. The zero-order valence-corrected chi connectivity index (χ0v) is 20.0. The summed E-state index contributed by atoms with van der Waals surface area (Å²) in [6, 6.07) is 4.84. The van der Waals surface area contributed by atoms with Crippen LogP contribution >= 0.6 is 23.7 Å². The summed E-state index contributed by atoms with van der Waals surface area (Å²) in [4.78, 5) is 17.7. The van der Waals surface area contributed by atoms with Gasteiger partial charge in [0, 0.05) is 39.9 Å². The van der Waals surface area contributed by atoms with Gasteiger partial charge in [0.25, 0.3) is 5.91 Å². The topological polar surface area (TPSA) is 45.5 Å². The number of likely N-dealkylation sites (tertiary alicyclic amines) is 1. The maximum Gasteiger partial charge on any atom is 0.252 e. The third-order valence-corrected chi connectivity index (χ3v) is 8.21. The smallest absolute Gasteiger partial charge is 0.252 e. The van der Waals surface area contributed by atoms with Crippen molar-refractivity contribution in [3.05, 3.63) is 56.7 Å². The van der Waals surface area contributed by atoms with Crippen LogP contribution in [0.3, 0.4) is 0 Å². The van der Waals surface area contributed by atoms with Gasteiger partial charge < -0.3 is 14.6 Å². The van der Waals surface area contributed by atoms with E-state index in [9.17, 15) is 9.18 Å². The van der Waals surface area contributed by atoms with Crippen molar-refractivity contribution in [2.45, 2.75) is 51.4 Å². The summed E-state index contributed by atoms with van der Waals surface area (Å²) < 4.78 is 19.1. The lowest BCUT2D eigenvalue weighted by atomic mass is 9.89. The molecule has 5 rings (SSSR count). The molecule has 4 heterocycles. The van der Waals surface area contributed by atoms with Crippen molar-refractivity contribution in [2.75, 3.05) is 26.2 Å². The molecule has 0 atom stereocenters. The molecule has 2 aromatic heterocycles. The fourth-order valence-electron chi connectivity index (χ4n) is 5.19. The highest BCUT2D eigenvalue weighted by atomic mass is 35.5. The molecule has 1 amide bonds. The number of rotatable bonds is 5. The molecule has 4 nitrogen and oxygen atoms in total. The number of piperidine rings is 1. The van der Waals surface area contributed by atoms with Gasteiger partial charge in [0.15, 0.2) is 0 Å². The molecule has 2 aliphatic rings. The predicted octanol–water partition coefficient (Wildman–Crippen LogP) is 5.72. The monoisotopic (exact) mass is 476 g/mol. The Morgan fingerprint density at radius 2 is 2.09 bits per heavy atom. The highest BCUT2D eigenvalue weighted by Gasteiger charge is 2.26. The Bertz CT molecular complexity index is 1100. The third-order valence-electron chi connectivity index (χ3n) is 6.86. The van der Waals surface area contributed by atoms with E-state index in [4.69, 9.17) is 4.42 Å².